The highest BCUT2D eigenvalue weighted by atomic mass is 16.5. The third-order valence-electron chi connectivity index (χ3n) is 2.95. The minimum absolute atomic E-state index is 0.0781. The van der Waals surface area contributed by atoms with Gasteiger partial charge in [-0.1, -0.05) is 26.8 Å². The molecule has 20 heavy (non-hydrogen) atoms. The molecule has 0 bridgehead atoms. The van der Waals surface area contributed by atoms with Crippen LogP contribution >= 0.6 is 0 Å². The summed E-state index contributed by atoms with van der Waals surface area (Å²) in [6, 6.07) is 5.55. The second-order valence-corrected chi connectivity index (χ2v) is 6.48. The second-order valence-electron chi connectivity index (χ2n) is 6.48. The highest BCUT2D eigenvalue weighted by molar-refractivity contribution is 5.92. The average molecular weight is 278 g/mol. The van der Waals surface area contributed by atoms with Crippen LogP contribution in [0.4, 0.5) is 5.69 Å². The van der Waals surface area contributed by atoms with Gasteiger partial charge in [0.15, 0.2) is 0 Å². The summed E-state index contributed by atoms with van der Waals surface area (Å²) in [6.07, 6.45) is 1.12. The highest BCUT2D eigenvalue weighted by Gasteiger charge is 2.18. The number of nitrogens with one attached hydrogen (secondary N) is 1. The maximum Gasteiger partial charge on any atom is 0.226 e. The van der Waals surface area contributed by atoms with Crippen LogP contribution in [0.2, 0.25) is 0 Å². The monoisotopic (exact) mass is 278 g/mol. The van der Waals surface area contributed by atoms with Gasteiger partial charge in [0.2, 0.25) is 5.91 Å². The fraction of sp³-hybridized carbons (Fsp3) is 0.562. The Morgan fingerprint density at radius 2 is 2.05 bits per heavy atom. The van der Waals surface area contributed by atoms with Gasteiger partial charge < -0.3 is 15.8 Å². The van der Waals surface area contributed by atoms with Crippen LogP contribution in [-0.4, -0.2) is 19.1 Å². The van der Waals surface area contributed by atoms with E-state index in [4.69, 9.17) is 10.5 Å². The summed E-state index contributed by atoms with van der Waals surface area (Å²) in [4.78, 5) is 12.0. The molecule has 0 radical (unpaired) electrons. The van der Waals surface area contributed by atoms with E-state index in [2.05, 4.69) is 26.1 Å². The van der Waals surface area contributed by atoms with Gasteiger partial charge in [0, 0.05) is 12.5 Å². The van der Waals surface area contributed by atoms with E-state index < -0.39 is 0 Å². The van der Waals surface area contributed by atoms with Crippen LogP contribution in [0.5, 0.6) is 5.75 Å². The molecule has 1 unspecified atom stereocenters. The maximum atomic E-state index is 12.0. The predicted molar refractivity (Wildman–Crippen MR) is 83.0 cm³/mol. The third kappa shape index (κ3) is 5.61. The van der Waals surface area contributed by atoms with Gasteiger partial charge in [-0.15, -0.1) is 0 Å². The fourth-order valence-corrected chi connectivity index (χ4v) is 2.22. The molecular weight excluding hydrogens is 252 g/mol. The number of nitrogens with two attached hydrogens (primary N) is 1. The molecule has 1 aromatic rings. The molecule has 0 aliphatic carbocycles. The van der Waals surface area contributed by atoms with Gasteiger partial charge in [0.05, 0.1) is 12.8 Å². The van der Waals surface area contributed by atoms with Crippen molar-refractivity contribution < 1.29 is 9.53 Å². The largest absolute Gasteiger partial charge is 0.495 e. The molecule has 0 aliphatic heterocycles. The van der Waals surface area contributed by atoms with Crippen molar-refractivity contribution in [3.05, 3.63) is 23.8 Å². The summed E-state index contributed by atoms with van der Waals surface area (Å²) < 4.78 is 5.24. The summed E-state index contributed by atoms with van der Waals surface area (Å²) >= 11 is 0. The van der Waals surface area contributed by atoms with Gasteiger partial charge >= 0.3 is 0 Å². The van der Waals surface area contributed by atoms with Gasteiger partial charge in [-0.2, -0.15) is 0 Å². The Morgan fingerprint density at radius 3 is 2.60 bits per heavy atom. The topological polar surface area (TPSA) is 64.3 Å². The number of anilines is 1. The second kappa shape index (κ2) is 6.75. The van der Waals surface area contributed by atoms with E-state index >= 15 is 0 Å². The van der Waals surface area contributed by atoms with Crippen LogP contribution in [0.15, 0.2) is 18.2 Å². The summed E-state index contributed by atoms with van der Waals surface area (Å²) in [6.45, 7) is 8.33. The standard InChI is InChI=1S/C16H26N2O2/c1-11-6-7-14(20-5)13(8-11)18-15(19)9-12(17)10-16(2,3)4/h6-8,12H,9-10,17H2,1-5H3,(H,18,19). The third-order valence-corrected chi connectivity index (χ3v) is 2.95. The van der Waals surface area contributed by atoms with Gasteiger partial charge in [-0.3, -0.25) is 4.79 Å². The minimum atomic E-state index is -0.134. The summed E-state index contributed by atoms with van der Waals surface area (Å²) in [7, 11) is 1.59. The molecule has 0 spiro atoms. The fourth-order valence-electron chi connectivity index (χ4n) is 2.22. The van der Waals surface area contributed by atoms with Gasteiger partial charge in [-0.25, -0.2) is 0 Å². The Balaban J connectivity index is 2.65. The first-order chi connectivity index (χ1) is 9.21. The molecule has 1 rings (SSSR count). The van der Waals surface area contributed by atoms with Gasteiger partial charge in [0.1, 0.15) is 5.75 Å². The van der Waals surface area contributed by atoms with Crippen molar-refractivity contribution in [3.63, 3.8) is 0 Å². The number of hydrogen-bond acceptors (Lipinski definition) is 3. The summed E-state index contributed by atoms with van der Waals surface area (Å²) in [5, 5.41) is 2.88. The number of aryl methyl sites for hydroxylation is 1. The van der Waals surface area contributed by atoms with Crippen molar-refractivity contribution in [2.75, 3.05) is 12.4 Å². The molecular formula is C16H26N2O2. The van der Waals surface area contributed by atoms with Crippen molar-refractivity contribution in [2.24, 2.45) is 11.1 Å². The van der Waals surface area contributed by atoms with E-state index in [1.807, 2.05) is 25.1 Å². The zero-order valence-electron chi connectivity index (χ0n) is 13.1. The van der Waals surface area contributed by atoms with Crippen LogP contribution in [0.3, 0.4) is 0 Å². The molecule has 0 aliphatic rings. The van der Waals surface area contributed by atoms with Crippen molar-refractivity contribution in [1.29, 1.82) is 0 Å². The highest BCUT2D eigenvalue weighted by Crippen LogP contribution is 2.26. The number of rotatable bonds is 5. The van der Waals surface area contributed by atoms with E-state index in [9.17, 15) is 4.79 Å². The van der Waals surface area contributed by atoms with Crippen molar-refractivity contribution in [3.8, 4) is 5.75 Å². The van der Waals surface area contributed by atoms with Gasteiger partial charge in [0.25, 0.3) is 0 Å². The first-order valence-corrected chi connectivity index (χ1v) is 6.91. The molecule has 0 aromatic heterocycles. The molecule has 1 amide bonds. The Bertz CT molecular complexity index is 464. The average Bonchev–Trinajstić information content (AvgIpc) is 2.26. The summed E-state index contributed by atoms with van der Waals surface area (Å²) in [5.74, 6) is 0.582. The molecule has 1 atom stereocenters. The number of methoxy groups -OCH3 is 1. The Hall–Kier alpha value is -1.55. The zero-order valence-corrected chi connectivity index (χ0v) is 13.1. The van der Waals surface area contributed by atoms with Crippen LogP contribution in [0.1, 0.15) is 39.2 Å². The minimum Gasteiger partial charge on any atom is -0.495 e. The number of amides is 1. The Morgan fingerprint density at radius 1 is 1.40 bits per heavy atom. The lowest BCUT2D eigenvalue weighted by molar-refractivity contribution is -0.116. The number of benzene rings is 1. The number of carbonyl (C=O) groups is 1. The Labute approximate surface area is 121 Å². The van der Waals surface area contributed by atoms with Crippen LogP contribution in [-0.2, 0) is 4.79 Å². The number of hydrogen-bond donors (Lipinski definition) is 2. The molecule has 0 fully saturated rings. The molecule has 4 heteroatoms. The summed E-state index contributed by atoms with van der Waals surface area (Å²) in [5.41, 5.74) is 7.91. The normalized spacial score (nSPS) is 12.9. The molecule has 112 valence electrons. The molecule has 0 saturated heterocycles. The first-order valence-electron chi connectivity index (χ1n) is 6.91. The molecule has 3 N–H and O–H groups in total. The Kier molecular flexibility index (Phi) is 5.57. The quantitative estimate of drug-likeness (QED) is 0.870. The number of ether oxygens (including phenoxy) is 1. The first kappa shape index (κ1) is 16.5. The number of carbonyl (C=O) groups excluding carboxylic acids is 1. The zero-order chi connectivity index (χ0) is 15.3. The van der Waals surface area contributed by atoms with Crippen LogP contribution in [0, 0.1) is 12.3 Å². The molecule has 4 nitrogen and oxygen atoms in total. The maximum absolute atomic E-state index is 12.0. The van der Waals surface area contributed by atoms with Crippen molar-refractivity contribution in [1.82, 2.24) is 0 Å². The van der Waals surface area contributed by atoms with E-state index in [1.54, 1.807) is 7.11 Å². The van der Waals surface area contributed by atoms with Crippen LogP contribution in [0.25, 0.3) is 0 Å². The van der Waals surface area contributed by atoms with Crippen molar-refractivity contribution >= 4 is 11.6 Å². The molecule has 1 aromatic carbocycles. The SMILES string of the molecule is COc1ccc(C)cc1NC(=O)CC(N)CC(C)(C)C. The van der Waals surface area contributed by atoms with E-state index in [0.29, 0.717) is 17.9 Å². The molecule has 0 heterocycles. The predicted octanol–water partition coefficient (Wildman–Crippen LogP) is 3.10. The molecule has 0 saturated carbocycles. The van der Waals surface area contributed by atoms with E-state index in [1.165, 1.54) is 0 Å². The smallest absolute Gasteiger partial charge is 0.226 e. The van der Waals surface area contributed by atoms with Gasteiger partial charge in [-0.05, 0) is 36.5 Å². The lowest BCUT2D eigenvalue weighted by Crippen LogP contribution is -2.31. The lowest BCUT2D eigenvalue weighted by Gasteiger charge is -2.22. The lowest BCUT2D eigenvalue weighted by atomic mass is 9.87. The van der Waals surface area contributed by atoms with Crippen LogP contribution < -0.4 is 15.8 Å². The van der Waals surface area contributed by atoms with Crippen molar-refractivity contribution in [2.45, 2.75) is 46.6 Å². The van der Waals surface area contributed by atoms with E-state index in [0.717, 1.165) is 12.0 Å². The van der Waals surface area contributed by atoms with E-state index in [-0.39, 0.29) is 17.4 Å².